The van der Waals surface area contributed by atoms with Crippen LogP contribution < -0.4 is 5.32 Å². The quantitative estimate of drug-likeness (QED) is 0.876. The maximum Gasteiger partial charge on any atom is 0.142 e. The van der Waals surface area contributed by atoms with Gasteiger partial charge in [0.15, 0.2) is 0 Å². The van der Waals surface area contributed by atoms with Crippen LogP contribution in [0.25, 0.3) is 0 Å². The molecule has 1 nitrogen and oxygen atoms in total. The maximum atomic E-state index is 14.3. The van der Waals surface area contributed by atoms with E-state index in [9.17, 15) is 8.78 Å². The lowest BCUT2D eigenvalue weighted by Crippen LogP contribution is -2.21. The Balaban J connectivity index is 2.62. The SMILES string of the molecule is CNC(c1cccc(F)c1Cl)c1c(C)cc(C)cc1F. The highest BCUT2D eigenvalue weighted by Crippen LogP contribution is 2.33. The molecule has 1 atom stereocenters. The molecule has 2 rings (SSSR count). The highest BCUT2D eigenvalue weighted by atomic mass is 35.5. The molecule has 0 fully saturated rings. The average molecular weight is 296 g/mol. The van der Waals surface area contributed by atoms with Crippen LogP contribution in [0.3, 0.4) is 0 Å². The van der Waals surface area contributed by atoms with Gasteiger partial charge >= 0.3 is 0 Å². The molecule has 0 saturated carbocycles. The molecule has 106 valence electrons. The van der Waals surface area contributed by atoms with E-state index in [0.29, 0.717) is 11.1 Å². The molecule has 20 heavy (non-hydrogen) atoms. The van der Waals surface area contributed by atoms with Gasteiger partial charge in [0.2, 0.25) is 0 Å². The fourth-order valence-corrected chi connectivity index (χ4v) is 2.73. The summed E-state index contributed by atoms with van der Waals surface area (Å²) in [5.74, 6) is -0.822. The van der Waals surface area contributed by atoms with Crippen LogP contribution >= 0.6 is 11.6 Å². The van der Waals surface area contributed by atoms with Gasteiger partial charge in [0.25, 0.3) is 0 Å². The van der Waals surface area contributed by atoms with Gasteiger partial charge in [0, 0.05) is 5.56 Å². The zero-order valence-corrected chi connectivity index (χ0v) is 12.4. The minimum Gasteiger partial charge on any atom is -0.309 e. The van der Waals surface area contributed by atoms with E-state index in [0.717, 1.165) is 11.1 Å². The number of benzene rings is 2. The van der Waals surface area contributed by atoms with E-state index < -0.39 is 11.9 Å². The van der Waals surface area contributed by atoms with Gasteiger partial charge in [0.05, 0.1) is 11.1 Å². The molecule has 0 heterocycles. The zero-order valence-electron chi connectivity index (χ0n) is 11.6. The van der Waals surface area contributed by atoms with E-state index in [-0.39, 0.29) is 10.8 Å². The van der Waals surface area contributed by atoms with Gasteiger partial charge in [-0.1, -0.05) is 29.8 Å². The van der Waals surface area contributed by atoms with Crippen molar-refractivity contribution in [1.29, 1.82) is 0 Å². The summed E-state index contributed by atoms with van der Waals surface area (Å²) in [6, 6.07) is 7.44. The van der Waals surface area contributed by atoms with E-state index >= 15 is 0 Å². The Morgan fingerprint density at radius 3 is 2.40 bits per heavy atom. The van der Waals surface area contributed by atoms with Gasteiger partial charge in [-0.25, -0.2) is 8.78 Å². The Hall–Kier alpha value is -1.45. The van der Waals surface area contributed by atoms with Gasteiger partial charge in [-0.2, -0.15) is 0 Å². The Labute approximate surface area is 122 Å². The predicted molar refractivity (Wildman–Crippen MR) is 78.2 cm³/mol. The summed E-state index contributed by atoms with van der Waals surface area (Å²) in [6.07, 6.45) is 0. The molecular formula is C16H16ClF2N. The second-order valence-electron chi connectivity index (χ2n) is 4.84. The topological polar surface area (TPSA) is 12.0 Å². The molecule has 0 radical (unpaired) electrons. The van der Waals surface area contributed by atoms with Crippen LogP contribution in [0.1, 0.15) is 28.3 Å². The summed E-state index contributed by atoms with van der Waals surface area (Å²) in [4.78, 5) is 0. The van der Waals surface area contributed by atoms with E-state index in [1.165, 1.54) is 12.1 Å². The first-order valence-corrected chi connectivity index (χ1v) is 6.71. The average Bonchev–Trinajstić information content (AvgIpc) is 2.37. The van der Waals surface area contributed by atoms with Crippen LogP contribution in [-0.4, -0.2) is 7.05 Å². The second kappa shape index (κ2) is 5.90. The maximum absolute atomic E-state index is 14.3. The minimum absolute atomic E-state index is 0.0197. The summed E-state index contributed by atoms with van der Waals surface area (Å²) in [5.41, 5.74) is 2.68. The largest absolute Gasteiger partial charge is 0.309 e. The second-order valence-corrected chi connectivity index (χ2v) is 5.22. The van der Waals surface area contributed by atoms with E-state index in [4.69, 9.17) is 11.6 Å². The highest BCUT2D eigenvalue weighted by molar-refractivity contribution is 6.31. The first-order chi connectivity index (χ1) is 9.45. The first kappa shape index (κ1) is 14.9. The predicted octanol–water partition coefficient (Wildman–Crippen LogP) is 4.54. The van der Waals surface area contributed by atoms with Crippen LogP contribution in [0, 0.1) is 25.5 Å². The van der Waals surface area contributed by atoms with Crippen LogP contribution in [-0.2, 0) is 0 Å². The molecule has 0 spiro atoms. The van der Waals surface area contributed by atoms with Crippen molar-refractivity contribution >= 4 is 11.6 Å². The molecule has 0 aliphatic carbocycles. The fourth-order valence-electron chi connectivity index (χ4n) is 2.49. The Morgan fingerprint density at radius 2 is 1.80 bits per heavy atom. The van der Waals surface area contributed by atoms with Crippen LogP contribution in [0.5, 0.6) is 0 Å². The number of aryl methyl sites for hydroxylation is 2. The van der Waals surface area contributed by atoms with Crippen molar-refractivity contribution in [3.8, 4) is 0 Å². The highest BCUT2D eigenvalue weighted by Gasteiger charge is 2.22. The van der Waals surface area contributed by atoms with Crippen LogP contribution in [0.2, 0.25) is 5.02 Å². The third kappa shape index (κ3) is 2.69. The molecule has 0 aliphatic rings. The van der Waals surface area contributed by atoms with Crippen molar-refractivity contribution < 1.29 is 8.78 Å². The lowest BCUT2D eigenvalue weighted by molar-refractivity contribution is 0.568. The Kier molecular flexibility index (Phi) is 4.41. The van der Waals surface area contributed by atoms with Crippen LogP contribution in [0.4, 0.5) is 8.78 Å². The monoisotopic (exact) mass is 295 g/mol. The van der Waals surface area contributed by atoms with Crippen molar-refractivity contribution in [3.05, 3.63) is 69.2 Å². The number of hydrogen-bond acceptors (Lipinski definition) is 1. The first-order valence-electron chi connectivity index (χ1n) is 6.33. The van der Waals surface area contributed by atoms with Gasteiger partial charge in [-0.3, -0.25) is 0 Å². The molecule has 0 aromatic heterocycles. The van der Waals surface area contributed by atoms with Gasteiger partial charge in [-0.15, -0.1) is 0 Å². The Morgan fingerprint density at radius 1 is 1.10 bits per heavy atom. The smallest absolute Gasteiger partial charge is 0.142 e. The minimum atomic E-state index is -0.505. The number of hydrogen-bond donors (Lipinski definition) is 1. The molecule has 0 amide bonds. The fraction of sp³-hybridized carbons (Fsp3) is 0.250. The summed E-state index contributed by atoms with van der Waals surface area (Å²) in [7, 11) is 1.70. The lowest BCUT2D eigenvalue weighted by Gasteiger charge is -2.21. The van der Waals surface area contributed by atoms with E-state index in [2.05, 4.69) is 5.32 Å². The van der Waals surface area contributed by atoms with E-state index in [1.807, 2.05) is 19.9 Å². The zero-order chi connectivity index (χ0) is 14.9. The third-order valence-corrected chi connectivity index (χ3v) is 3.75. The summed E-state index contributed by atoms with van der Waals surface area (Å²) < 4.78 is 27.9. The molecular weight excluding hydrogens is 280 g/mol. The number of halogens is 3. The molecule has 0 saturated heterocycles. The molecule has 0 bridgehead atoms. The standard InChI is InChI=1S/C16H16ClF2N/c1-9-7-10(2)14(13(19)8-9)16(20-3)11-5-4-6-12(18)15(11)17/h4-8,16,20H,1-3H3. The summed E-state index contributed by atoms with van der Waals surface area (Å²) in [6.45, 7) is 3.67. The van der Waals surface area contributed by atoms with Gasteiger partial charge in [0.1, 0.15) is 11.6 Å². The lowest BCUT2D eigenvalue weighted by atomic mass is 9.93. The third-order valence-electron chi connectivity index (χ3n) is 3.35. The van der Waals surface area contributed by atoms with Crippen molar-refractivity contribution in [2.75, 3.05) is 7.05 Å². The van der Waals surface area contributed by atoms with Gasteiger partial charge in [-0.05, 0) is 49.7 Å². The number of nitrogens with one attached hydrogen (secondary N) is 1. The molecule has 4 heteroatoms. The number of rotatable bonds is 3. The van der Waals surface area contributed by atoms with E-state index in [1.54, 1.807) is 19.2 Å². The van der Waals surface area contributed by atoms with Crippen molar-refractivity contribution in [3.63, 3.8) is 0 Å². The van der Waals surface area contributed by atoms with Gasteiger partial charge < -0.3 is 5.32 Å². The van der Waals surface area contributed by atoms with Crippen molar-refractivity contribution in [2.45, 2.75) is 19.9 Å². The molecule has 2 aromatic rings. The molecule has 1 N–H and O–H groups in total. The Bertz CT molecular complexity index is 617. The summed E-state index contributed by atoms with van der Waals surface area (Å²) >= 11 is 6.02. The molecule has 1 unspecified atom stereocenters. The van der Waals surface area contributed by atoms with Crippen molar-refractivity contribution in [1.82, 2.24) is 5.32 Å². The van der Waals surface area contributed by atoms with Crippen LogP contribution in [0.15, 0.2) is 30.3 Å². The normalized spacial score (nSPS) is 12.5. The van der Waals surface area contributed by atoms with Crippen molar-refractivity contribution in [2.24, 2.45) is 0 Å². The summed E-state index contributed by atoms with van der Waals surface area (Å²) in [5, 5.41) is 3.03. The molecule has 2 aromatic carbocycles. The molecule has 0 aliphatic heterocycles.